The molecule has 1 aliphatic heterocycles. The van der Waals surface area contributed by atoms with Crippen LogP contribution in [0.1, 0.15) is 28.6 Å². The standard InChI is InChI=1S/C23H21N7O4S3/c1-2-19-26-30(23(36-19)27-37(33,34)18-11-12-35-20(18)22(31)32)13-14-7-9-15(10-8-14)16-5-3-4-6-17(16)21-24-28-29-25-21/h3-12,19,26H,2,13H2,1H3,(H,31,32)(H,24,25,28,29). The summed E-state index contributed by atoms with van der Waals surface area (Å²) >= 11 is 2.15. The smallest absolute Gasteiger partial charge is 0.347 e. The van der Waals surface area contributed by atoms with Crippen molar-refractivity contribution in [2.75, 3.05) is 0 Å². The van der Waals surface area contributed by atoms with Crippen molar-refractivity contribution in [2.45, 2.75) is 30.2 Å². The minimum absolute atomic E-state index is 0.0588. The molecule has 0 radical (unpaired) electrons. The topological polar surface area (TPSA) is 154 Å². The molecular formula is C23H21N7O4S3. The molecule has 2 aromatic carbocycles. The fourth-order valence-corrected chi connectivity index (χ4v) is 7.24. The predicted octanol–water partition coefficient (Wildman–Crippen LogP) is 3.83. The van der Waals surface area contributed by atoms with Crippen LogP contribution in [-0.4, -0.2) is 55.7 Å². The Morgan fingerprint density at radius 2 is 1.89 bits per heavy atom. The van der Waals surface area contributed by atoms with Crippen LogP contribution in [0.5, 0.6) is 0 Å². The van der Waals surface area contributed by atoms with Gasteiger partial charge in [-0.05, 0) is 39.8 Å². The molecule has 1 fully saturated rings. The minimum atomic E-state index is -4.21. The molecule has 1 atom stereocenters. The lowest BCUT2D eigenvalue weighted by molar-refractivity contribution is 0.0698. The average molecular weight is 556 g/mol. The van der Waals surface area contributed by atoms with E-state index in [4.69, 9.17) is 0 Å². The number of nitrogens with one attached hydrogen (secondary N) is 2. The van der Waals surface area contributed by atoms with Crippen molar-refractivity contribution in [1.29, 1.82) is 0 Å². The third kappa shape index (κ3) is 5.27. The highest BCUT2D eigenvalue weighted by molar-refractivity contribution is 8.15. The Labute approximate surface area is 220 Å². The fraction of sp³-hybridized carbons (Fsp3) is 0.174. The van der Waals surface area contributed by atoms with Crippen molar-refractivity contribution in [2.24, 2.45) is 4.40 Å². The number of H-pyrrole nitrogens is 1. The number of hydrogen-bond donors (Lipinski definition) is 3. The molecule has 2 aromatic heterocycles. The van der Waals surface area contributed by atoms with Crippen molar-refractivity contribution in [3.05, 3.63) is 70.4 Å². The number of aromatic amines is 1. The number of aromatic carboxylic acids is 1. The Kier molecular flexibility index (Phi) is 7.06. The highest BCUT2D eigenvalue weighted by Crippen LogP contribution is 2.32. The van der Waals surface area contributed by atoms with Gasteiger partial charge in [0.15, 0.2) is 5.17 Å². The number of tetrazole rings is 1. The lowest BCUT2D eigenvalue weighted by atomic mass is 9.98. The number of hydrogen-bond acceptors (Lipinski definition) is 9. The van der Waals surface area contributed by atoms with Gasteiger partial charge in [0.25, 0.3) is 10.0 Å². The summed E-state index contributed by atoms with van der Waals surface area (Å²) in [5.41, 5.74) is 6.98. The van der Waals surface area contributed by atoms with E-state index in [-0.39, 0.29) is 20.3 Å². The van der Waals surface area contributed by atoms with Crippen LogP contribution in [0.3, 0.4) is 0 Å². The molecule has 0 aliphatic carbocycles. The highest BCUT2D eigenvalue weighted by atomic mass is 32.2. The molecule has 0 amide bonds. The number of carboxylic acids is 1. The van der Waals surface area contributed by atoms with E-state index in [1.807, 2.05) is 55.5 Å². The maximum absolute atomic E-state index is 13.0. The molecule has 190 valence electrons. The van der Waals surface area contributed by atoms with Crippen LogP contribution >= 0.6 is 23.1 Å². The SMILES string of the molecule is CCC1NN(Cc2ccc(-c3ccccc3-c3nn[nH]n3)cc2)C(=NS(=O)(=O)c2ccsc2C(=O)O)S1. The zero-order valence-corrected chi connectivity index (χ0v) is 21.8. The zero-order valence-electron chi connectivity index (χ0n) is 19.4. The molecule has 11 nitrogen and oxygen atoms in total. The quantitative estimate of drug-likeness (QED) is 0.292. The van der Waals surface area contributed by atoms with Crippen molar-refractivity contribution in [3.8, 4) is 22.5 Å². The normalized spacial score (nSPS) is 16.9. The van der Waals surface area contributed by atoms with Crippen molar-refractivity contribution < 1.29 is 18.3 Å². The molecule has 14 heteroatoms. The first kappa shape index (κ1) is 25.1. The van der Waals surface area contributed by atoms with Crippen LogP contribution < -0.4 is 5.43 Å². The molecule has 3 N–H and O–H groups in total. The molecule has 1 saturated heterocycles. The largest absolute Gasteiger partial charge is 0.477 e. The van der Waals surface area contributed by atoms with E-state index in [1.165, 1.54) is 23.2 Å². The van der Waals surface area contributed by atoms with Gasteiger partial charge in [-0.25, -0.2) is 10.2 Å². The van der Waals surface area contributed by atoms with E-state index >= 15 is 0 Å². The van der Waals surface area contributed by atoms with E-state index in [0.29, 0.717) is 12.4 Å². The summed E-state index contributed by atoms with van der Waals surface area (Å²) in [7, 11) is -4.21. The number of thioether (sulfide) groups is 1. The fourth-order valence-electron chi connectivity index (χ4n) is 3.79. The van der Waals surface area contributed by atoms with Crippen LogP contribution in [0, 0.1) is 0 Å². The van der Waals surface area contributed by atoms with Crippen LogP contribution in [0.4, 0.5) is 0 Å². The molecule has 0 bridgehead atoms. The first-order valence-corrected chi connectivity index (χ1v) is 14.3. The molecule has 1 aliphatic rings. The van der Waals surface area contributed by atoms with Gasteiger partial charge in [0.05, 0.1) is 11.9 Å². The molecule has 37 heavy (non-hydrogen) atoms. The number of hydrazine groups is 1. The summed E-state index contributed by atoms with van der Waals surface area (Å²) in [4.78, 5) is 10.9. The van der Waals surface area contributed by atoms with Gasteiger partial charge in [0, 0.05) is 5.56 Å². The second-order valence-corrected chi connectivity index (χ2v) is 11.6. The number of aromatic nitrogens is 4. The van der Waals surface area contributed by atoms with E-state index in [0.717, 1.165) is 40.0 Å². The van der Waals surface area contributed by atoms with Crippen LogP contribution in [0.25, 0.3) is 22.5 Å². The summed E-state index contributed by atoms with van der Waals surface area (Å²) in [5, 5.41) is 27.0. The Balaban J connectivity index is 1.40. The van der Waals surface area contributed by atoms with E-state index in [2.05, 4.69) is 30.4 Å². The van der Waals surface area contributed by atoms with E-state index < -0.39 is 16.0 Å². The zero-order chi connectivity index (χ0) is 26.0. The van der Waals surface area contributed by atoms with E-state index in [9.17, 15) is 18.3 Å². The van der Waals surface area contributed by atoms with Crippen molar-refractivity contribution >= 4 is 44.3 Å². The van der Waals surface area contributed by atoms with Crippen molar-refractivity contribution in [3.63, 3.8) is 0 Å². The lowest BCUT2D eigenvalue weighted by Crippen LogP contribution is -2.37. The predicted molar refractivity (Wildman–Crippen MR) is 141 cm³/mol. The maximum Gasteiger partial charge on any atom is 0.347 e. The molecule has 0 saturated carbocycles. The number of carboxylic acid groups (broad SMARTS) is 1. The number of rotatable bonds is 8. The van der Waals surface area contributed by atoms with Crippen LogP contribution in [0.15, 0.2) is 69.3 Å². The molecular weight excluding hydrogens is 534 g/mol. The molecule has 4 aromatic rings. The van der Waals surface area contributed by atoms with Crippen molar-refractivity contribution in [1.82, 2.24) is 31.1 Å². The molecule has 3 heterocycles. The molecule has 5 rings (SSSR count). The summed E-state index contributed by atoms with van der Waals surface area (Å²) in [5.74, 6) is -0.794. The molecule has 0 spiro atoms. The number of thiophene rings is 1. The Morgan fingerprint density at radius 3 is 2.57 bits per heavy atom. The number of sulfonamides is 1. The first-order valence-electron chi connectivity index (χ1n) is 11.1. The third-order valence-electron chi connectivity index (χ3n) is 5.57. The van der Waals surface area contributed by atoms with Gasteiger partial charge in [-0.3, -0.25) is 5.01 Å². The van der Waals surface area contributed by atoms with Gasteiger partial charge in [-0.15, -0.1) is 25.9 Å². The average Bonchev–Trinajstić information content (AvgIpc) is 3.66. The second kappa shape index (κ2) is 10.4. The monoisotopic (exact) mass is 555 g/mol. The minimum Gasteiger partial charge on any atom is -0.477 e. The Hall–Kier alpha value is -3.59. The van der Waals surface area contributed by atoms with Crippen LogP contribution in [-0.2, 0) is 16.6 Å². The maximum atomic E-state index is 13.0. The summed E-state index contributed by atoms with van der Waals surface area (Å²) < 4.78 is 29.9. The third-order valence-corrected chi connectivity index (χ3v) is 9.27. The summed E-state index contributed by atoms with van der Waals surface area (Å²) in [6.45, 7) is 2.34. The number of carbonyl (C=O) groups is 1. The van der Waals surface area contributed by atoms with Crippen LogP contribution in [0.2, 0.25) is 0 Å². The van der Waals surface area contributed by atoms with Gasteiger partial charge < -0.3 is 5.11 Å². The Morgan fingerprint density at radius 1 is 1.14 bits per heavy atom. The number of amidine groups is 1. The lowest BCUT2D eigenvalue weighted by Gasteiger charge is -2.19. The second-order valence-electron chi connectivity index (χ2n) is 7.98. The van der Waals surface area contributed by atoms with Gasteiger partial charge in [-0.2, -0.15) is 13.6 Å². The van der Waals surface area contributed by atoms with Gasteiger partial charge >= 0.3 is 5.97 Å². The number of nitrogens with zero attached hydrogens (tertiary/aromatic N) is 5. The van der Waals surface area contributed by atoms with Gasteiger partial charge in [-0.1, -0.05) is 67.2 Å². The van der Waals surface area contributed by atoms with Gasteiger partial charge in [0.1, 0.15) is 9.77 Å². The Bertz CT molecular complexity index is 1550. The number of benzene rings is 2. The summed E-state index contributed by atoms with van der Waals surface area (Å²) in [6, 6.07) is 16.9. The van der Waals surface area contributed by atoms with Gasteiger partial charge in [0.2, 0.25) is 5.82 Å². The first-order chi connectivity index (χ1) is 17.9. The molecule has 1 unspecified atom stereocenters. The van der Waals surface area contributed by atoms with E-state index in [1.54, 1.807) is 5.01 Å². The highest BCUT2D eigenvalue weighted by Gasteiger charge is 2.31. The summed E-state index contributed by atoms with van der Waals surface area (Å²) in [6.07, 6.45) is 0.741.